The van der Waals surface area contributed by atoms with Crippen LogP contribution in [0, 0.1) is 0 Å². The lowest BCUT2D eigenvalue weighted by molar-refractivity contribution is 0.0538. The van der Waals surface area contributed by atoms with E-state index in [4.69, 9.17) is 18.0 Å². The molecule has 1 heterocycles. The maximum absolute atomic E-state index is 9.33. The van der Waals surface area contributed by atoms with Crippen LogP contribution in [0.25, 0.3) is 0 Å². The standard InChI is InChI=1S/C11H22N2OS/c1-2-9(7-11(12)15)13-6-4-3-5-10(13)8-14/h9-10,14H,2-8H2,1H3,(H2,12,15). The summed E-state index contributed by atoms with van der Waals surface area (Å²) in [7, 11) is 0. The van der Waals surface area contributed by atoms with Gasteiger partial charge in [0.15, 0.2) is 0 Å². The SMILES string of the molecule is CCC(CC(N)=S)N1CCCCC1CO. The van der Waals surface area contributed by atoms with Crippen LogP contribution in [-0.4, -0.2) is 40.2 Å². The smallest absolute Gasteiger partial charge is 0.0743 e. The van der Waals surface area contributed by atoms with E-state index in [1.807, 2.05) is 0 Å². The molecule has 2 atom stereocenters. The van der Waals surface area contributed by atoms with Crippen molar-refractivity contribution in [3.8, 4) is 0 Å². The molecule has 1 saturated heterocycles. The third-order valence-electron chi connectivity index (χ3n) is 3.26. The highest BCUT2D eigenvalue weighted by Gasteiger charge is 2.27. The average Bonchev–Trinajstić information content (AvgIpc) is 2.25. The molecule has 2 unspecified atom stereocenters. The molecular formula is C11H22N2OS. The van der Waals surface area contributed by atoms with Crippen LogP contribution in [0.5, 0.6) is 0 Å². The third kappa shape index (κ3) is 3.70. The van der Waals surface area contributed by atoms with Crippen molar-refractivity contribution in [3.05, 3.63) is 0 Å². The molecule has 0 bridgehead atoms. The van der Waals surface area contributed by atoms with E-state index in [-0.39, 0.29) is 6.61 Å². The van der Waals surface area contributed by atoms with Crippen molar-refractivity contribution >= 4 is 17.2 Å². The maximum Gasteiger partial charge on any atom is 0.0743 e. The Morgan fingerprint density at radius 1 is 1.60 bits per heavy atom. The van der Waals surface area contributed by atoms with Crippen LogP contribution in [-0.2, 0) is 0 Å². The van der Waals surface area contributed by atoms with Gasteiger partial charge in [-0.05, 0) is 25.8 Å². The van der Waals surface area contributed by atoms with Gasteiger partial charge in [0.25, 0.3) is 0 Å². The minimum absolute atomic E-state index is 0.258. The number of rotatable bonds is 5. The third-order valence-corrected chi connectivity index (χ3v) is 3.43. The number of nitrogens with zero attached hydrogens (tertiary/aromatic N) is 1. The van der Waals surface area contributed by atoms with Crippen LogP contribution in [0.4, 0.5) is 0 Å². The Bertz CT molecular complexity index is 211. The van der Waals surface area contributed by atoms with Crippen molar-refractivity contribution in [1.29, 1.82) is 0 Å². The summed E-state index contributed by atoms with van der Waals surface area (Å²) in [6.07, 6.45) is 5.38. The molecule has 0 aliphatic carbocycles. The molecule has 88 valence electrons. The summed E-state index contributed by atoms with van der Waals surface area (Å²) in [5.74, 6) is 0. The summed E-state index contributed by atoms with van der Waals surface area (Å²) in [5.41, 5.74) is 5.60. The average molecular weight is 230 g/mol. The molecule has 4 heteroatoms. The molecule has 0 spiro atoms. The van der Waals surface area contributed by atoms with E-state index in [0.29, 0.717) is 17.1 Å². The molecule has 0 aromatic rings. The lowest BCUT2D eigenvalue weighted by atomic mass is 9.98. The van der Waals surface area contributed by atoms with Crippen molar-refractivity contribution in [2.24, 2.45) is 5.73 Å². The molecular weight excluding hydrogens is 208 g/mol. The van der Waals surface area contributed by atoms with Crippen LogP contribution in [0.15, 0.2) is 0 Å². The van der Waals surface area contributed by atoms with E-state index in [9.17, 15) is 5.11 Å². The van der Waals surface area contributed by atoms with E-state index < -0.39 is 0 Å². The number of hydrogen-bond donors (Lipinski definition) is 2. The Balaban J connectivity index is 2.58. The lowest BCUT2D eigenvalue weighted by Gasteiger charge is -2.40. The van der Waals surface area contributed by atoms with Crippen LogP contribution < -0.4 is 5.73 Å². The number of likely N-dealkylation sites (tertiary alicyclic amines) is 1. The highest BCUT2D eigenvalue weighted by Crippen LogP contribution is 2.22. The summed E-state index contributed by atoms with van der Waals surface area (Å²) in [5, 5.41) is 9.33. The Morgan fingerprint density at radius 2 is 2.33 bits per heavy atom. The van der Waals surface area contributed by atoms with Gasteiger partial charge in [-0.25, -0.2) is 0 Å². The fourth-order valence-electron chi connectivity index (χ4n) is 2.43. The molecule has 0 saturated carbocycles. The van der Waals surface area contributed by atoms with Gasteiger partial charge >= 0.3 is 0 Å². The fourth-order valence-corrected chi connectivity index (χ4v) is 2.62. The van der Waals surface area contributed by atoms with Crippen molar-refractivity contribution in [1.82, 2.24) is 4.90 Å². The second-order valence-corrected chi connectivity index (χ2v) is 4.83. The zero-order valence-electron chi connectivity index (χ0n) is 9.48. The molecule has 0 aromatic heterocycles. The second kappa shape index (κ2) is 6.40. The zero-order valence-corrected chi connectivity index (χ0v) is 10.3. The van der Waals surface area contributed by atoms with Crippen LogP contribution in [0.2, 0.25) is 0 Å². The first-order valence-corrected chi connectivity index (χ1v) is 6.24. The van der Waals surface area contributed by atoms with Gasteiger partial charge in [-0.2, -0.15) is 0 Å². The molecule has 0 radical (unpaired) electrons. The topological polar surface area (TPSA) is 49.5 Å². The van der Waals surface area contributed by atoms with E-state index in [1.54, 1.807) is 0 Å². The van der Waals surface area contributed by atoms with Crippen molar-refractivity contribution in [3.63, 3.8) is 0 Å². The normalized spacial score (nSPS) is 25.1. The number of thiocarbonyl (C=S) groups is 1. The first-order chi connectivity index (χ1) is 7.19. The van der Waals surface area contributed by atoms with Gasteiger partial charge in [0.05, 0.1) is 11.6 Å². The molecule has 1 aliphatic heterocycles. The van der Waals surface area contributed by atoms with Crippen molar-refractivity contribution in [2.75, 3.05) is 13.2 Å². The first kappa shape index (κ1) is 12.9. The summed E-state index contributed by atoms with van der Waals surface area (Å²) >= 11 is 4.97. The number of aliphatic hydroxyl groups is 1. The largest absolute Gasteiger partial charge is 0.395 e. The molecule has 1 aliphatic rings. The quantitative estimate of drug-likeness (QED) is 0.699. The van der Waals surface area contributed by atoms with Gasteiger partial charge in [-0.15, -0.1) is 0 Å². The van der Waals surface area contributed by atoms with Crippen LogP contribution >= 0.6 is 12.2 Å². The van der Waals surface area contributed by atoms with Crippen molar-refractivity contribution < 1.29 is 5.11 Å². The molecule has 15 heavy (non-hydrogen) atoms. The number of piperidine rings is 1. The number of aliphatic hydroxyl groups excluding tert-OH is 1. The Labute approximate surface area is 97.6 Å². The molecule has 3 N–H and O–H groups in total. The van der Waals surface area contributed by atoms with E-state index in [1.165, 1.54) is 12.8 Å². The summed E-state index contributed by atoms with van der Waals surface area (Å²) in [4.78, 5) is 2.98. The second-order valence-electron chi connectivity index (χ2n) is 4.30. The van der Waals surface area contributed by atoms with Gasteiger partial charge in [-0.1, -0.05) is 25.6 Å². The molecule has 1 fully saturated rings. The minimum Gasteiger partial charge on any atom is -0.395 e. The first-order valence-electron chi connectivity index (χ1n) is 5.84. The predicted molar refractivity (Wildman–Crippen MR) is 66.9 cm³/mol. The maximum atomic E-state index is 9.33. The van der Waals surface area contributed by atoms with Crippen LogP contribution in [0.3, 0.4) is 0 Å². The monoisotopic (exact) mass is 230 g/mol. The Kier molecular flexibility index (Phi) is 5.50. The predicted octanol–water partition coefficient (Wildman–Crippen LogP) is 1.29. The van der Waals surface area contributed by atoms with E-state index in [2.05, 4.69) is 11.8 Å². The minimum atomic E-state index is 0.258. The van der Waals surface area contributed by atoms with E-state index in [0.717, 1.165) is 25.8 Å². The van der Waals surface area contributed by atoms with Crippen LogP contribution in [0.1, 0.15) is 39.0 Å². The highest BCUT2D eigenvalue weighted by molar-refractivity contribution is 7.80. The Hall–Kier alpha value is -0.190. The van der Waals surface area contributed by atoms with Gasteiger partial charge in [0.1, 0.15) is 0 Å². The van der Waals surface area contributed by atoms with Crippen molar-refractivity contribution in [2.45, 2.75) is 51.1 Å². The summed E-state index contributed by atoms with van der Waals surface area (Å²) in [6, 6.07) is 0.734. The molecule has 0 amide bonds. The summed E-state index contributed by atoms with van der Waals surface area (Å²) in [6.45, 7) is 3.49. The van der Waals surface area contributed by atoms with Gasteiger partial charge in [0, 0.05) is 18.5 Å². The highest BCUT2D eigenvalue weighted by atomic mass is 32.1. The van der Waals surface area contributed by atoms with Gasteiger partial charge in [-0.3, -0.25) is 4.90 Å². The van der Waals surface area contributed by atoms with E-state index >= 15 is 0 Å². The summed E-state index contributed by atoms with van der Waals surface area (Å²) < 4.78 is 0. The Morgan fingerprint density at radius 3 is 2.87 bits per heavy atom. The number of nitrogens with two attached hydrogens (primary N) is 1. The lowest BCUT2D eigenvalue weighted by Crippen LogP contribution is -2.48. The molecule has 1 rings (SSSR count). The van der Waals surface area contributed by atoms with Gasteiger partial charge < -0.3 is 10.8 Å². The number of hydrogen-bond acceptors (Lipinski definition) is 3. The fraction of sp³-hybridized carbons (Fsp3) is 0.909. The molecule has 3 nitrogen and oxygen atoms in total. The molecule has 0 aromatic carbocycles. The zero-order chi connectivity index (χ0) is 11.3. The van der Waals surface area contributed by atoms with Gasteiger partial charge in [0.2, 0.25) is 0 Å².